The number of nitrogens with one attached hydrogen (secondary N) is 1. The number of thiophene rings is 2. The van der Waals surface area contributed by atoms with Gasteiger partial charge in [0.05, 0.1) is 13.0 Å². The zero-order valence-corrected chi connectivity index (χ0v) is 19.5. The van der Waals surface area contributed by atoms with E-state index in [9.17, 15) is 14.0 Å². The summed E-state index contributed by atoms with van der Waals surface area (Å²) in [7, 11) is 0. The summed E-state index contributed by atoms with van der Waals surface area (Å²) >= 11 is 3.04. The molecular weight excluding hydrogens is 455 g/mol. The fourth-order valence-corrected chi connectivity index (χ4v) is 4.96. The van der Waals surface area contributed by atoms with Gasteiger partial charge >= 0.3 is 0 Å². The molecule has 1 N–H and O–H groups in total. The normalized spacial score (nSPS) is 11.7. The van der Waals surface area contributed by atoms with E-state index in [4.69, 9.17) is 0 Å². The average molecular weight is 479 g/mol. The molecule has 0 saturated heterocycles. The summed E-state index contributed by atoms with van der Waals surface area (Å²) in [6.45, 7) is 0.631. The minimum atomic E-state index is -0.885. The van der Waals surface area contributed by atoms with E-state index in [1.807, 2.05) is 65.4 Å². The minimum Gasteiger partial charge on any atom is -0.350 e. The highest BCUT2D eigenvalue weighted by Gasteiger charge is 2.32. The largest absolute Gasteiger partial charge is 0.350 e. The van der Waals surface area contributed by atoms with Crippen molar-refractivity contribution in [3.63, 3.8) is 0 Å². The second-order valence-corrected chi connectivity index (χ2v) is 9.58. The maximum Gasteiger partial charge on any atom is 0.247 e. The van der Waals surface area contributed by atoms with Crippen LogP contribution in [-0.2, 0) is 29.1 Å². The molecule has 0 unspecified atom stereocenters. The summed E-state index contributed by atoms with van der Waals surface area (Å²) in [5.41, 5.74) is 1.52. The van der Waals surface area contributed by atoms with Gasteiger partial charge in [-0.05, 0) is 46.2 Å². The lowest BCUT2D eigenvalue weighted by molar-refractivity contribution is -0.141. The van der Waals surface area contributed by atoms with Crippen molar-refractivity contribution in [3.05, 3.63) is 116 Å². The van der Waals surface area contributed by atoms with Crippen LogP contribution in [0.1, 0.15) is 26.9 Å². The van der Waals surface area contributed by atoms with Gasteiger partial charge in [0.15, 0.2) is 0 Å². The van der Waals surface area contributed by atoms with Gasteiger partial charge in [-0.3, -0.25) is 9.59 Å². The molecule has 4 nitrogen and oxygen atoms in total. The van der Waals surface area contributed by atoms with E-state index in [1.54, 1.807) is 17.0 Å². The van der Waals surface area contributed by atoms with Crippen molar-refractivity contribution in [3.8, 4) is 0 Å². The van der Waals surface area contributed by atoms with Crippen molar-refractivity contribution in [2.75, 3.05) is 0 Å². The Labute approximate surface area is 200 Å². The standard InChI is InChI=1S/C26H23FN2O2S2/c27-21-12-10-20(11-13-21)25(26(31)28-17-19-6-2-1-3-7-19)29(18-23-9-5-15-33-23)24(30)16-22-8-4-14-32-22/h1-15,25H,16-18H2,(H,28,31)/t25-/m1/s1. The summed E-state index contributed by atoms with van der Waals surface area (Å²) in [5.74, 6) is -0.853. The molecule has 168 valence electrons. The lowest BCUT2D eigenvalue weighted by Gasteiger charge is -2.31. The Morgan fingerprint density at radius 2 is 1.52 bits per heavy atom. The second-order valence-electron chi connectivity index (χ2n) is 7.51. The van der Waals surface area contributed by atoms with Gasteiger partial charge in [0.2, 0.25) is 11.8 Å². The van der Waals surface area contributed by atoms with Crippen molar-refractivity contribution < 1.29 is 14.0 Å². The zero-order chi connectivity index (χ0) is 23.0. The third kappa shape index (κ3) is 6.15. The van der Waals surface area contributed by atoms with E-state index >= 15 is 0 Å². The first kappa shape index (κ1) is 22.9. The van der Waals surface area contributed by atoms with E-state index in [2.05, 4.69) is 5.32 Å². The van der Waals surface area contributed by atoms with Crippen LogP contribution in [0.4, 0.5) is 4.39 Å². The van der Waals surface area contributed by atoms with E-state index in [1.165, 1.54) is 34.8 Å². The van der Waals surface area contributed by atoms with E-state index in [-0.39, 0.29) is 18.2 Å². The Balaban J connectivity index is 1.65. The first-order valence-electron chi connectivity index (χ1n) is 10.5. The maximum absolute atomic E-state index is 13.7. The molecule has 0 bridgehead atoms. The Kier molecular flexibility index (Phi) is 7.65. The van der Waals surface area contributed by atoms with Gasteiger partial charge in [-0.15, -0.1) is 22.7 Å². The topological polar surface area (TPSA) is 49.4 Å². The lowest BCUT2D eigenvalue weighted by atomic mass is 10.0. The summed E-state index contributed by atoms with van der Waals surface area (Å²) < 4.78 is 13.7. The predicted molar refractivity (Wildman–Crippen MR) is 130 cm³/mol. The number of amides is 2. The van der Waals surface area contributed by atoms with Crippen LogP contribution in [0.3, 0.4) is 0 Å². The number of hydrogen-bond donors (Lipinski definition) is 1. The van der Waals surface area contributed by atoms with Crippen molar-refractivity contribution in [1.82, 2.24) is 10.2 Å². The molecule has 0 aliphatic rings. The Morgan fingerprint density at radius 3 is 2.15 bits per heavy atom. The molecule has 0 radical (unpaired) electrons. The third-order valence-electron chi connectivity index (χ3n) is 5.19. The van der Waals surface area contributed by atoms with E-state index < -0.39 is 11.9 Å². The van der Waals surface area contributed by atoms with Crippen LogP contribution in [0.2, 0.25) is 0 Å². The monoisotopic (exact) mass is 478 g/mol. The van der Waals surface area contributed by atoms with E-state index in [0.29, 0.717) is 18.7 Å². The van der Waals surface area contributed by atoms with Crippen molar-refractivity contribution >= 4 is 34.5 Å². The summed E-state index contributed by atoms with van der Waals surface area (Å²) in [6.07, 6.45) is 0.201. The second kappa shape index (κ2) is 11.0. The van der Waals surface area contributed by atoms with Crippen molar-refractivity contribution in [2.45, 2.75) is 25.6 Å². The van der Waals surface area contributed by atoms with Gasteiger partial charge < -0.3 is 10.2 Å². The molecule has 4 rings (SSSR count). The van der Waals surface area contributed by atoms with Gasteiger partial charge in [0.25, 0.3) is 0 Å². The number of carbonyl (C=O) groups excluding carboxylic acids is 2. The maximum atomic E-state index is 13.7. The summed E-state index contributed by atoms with van der Waals surface area (Å²) in [5, 5.41) is 6.84. The highest BCUT2D eigenvalue weighted by molar-refractivity contribution is 7.10. The van der Waals surface area contributed by atoms with Gasteiger partial charge in [-0.25, -0.2) is 4.39 Å². The zero-order valence-electron chi connectivity index (χ0n) is 17.8. The first-order chi connectivity index (χ1) is 16.1. The predicted octanol–water partition coefficient (Wildman–Crippen LogP) is 5.58. The highest BCUT2D eigenvalue weighted by Crippen LogP contribution is 2.27. The molecular formula is C26H23FN2O2S2. The molecule has 2 heterocycles. The van der Waals surface area contributed by atoms with Crippen LogP contribution in [0.5, 0.6) is 0 Å². The highest BCUT2D eigenvalue weighted by atomic mass is 32.1. The van der Waals surface area contributed by atoms with Gasteiger partial charge in [-0.2, -0.15) is 0 Å². The fraction of sp³-hybridized carbons (Fsp3) is 0.154. The van der Waals surface area contributed by atoms with E-state index in [0.717, 1.165) is 15.3 Å². The number of halogens is 1. The van der Waals surface area contributed by atoms with Crippen LogP contribution >= 0.6 is 22.7 Å². The Hall–Kier alpha value is -3.29. The number of benzene rings is 2. The molecule has 1 atom stereocenters. The third-order valence-corrected chi connectivity index (χ3v) is 6.93. The molecule has 2 aromatic heterocycles. The van der Waals surface area contributed by atoms with Crippen LogP contribution in [-0.4, -0.2) is 16.7 Å². The molecule has 0 aliphatic heterocycles. The average Bonchev–Trinajstić information content (AvgIpc) is 3.53. The van der Waals surface area contributed by atoms with Crippen LogP contribution in [0, 0.1) is 5.82 Å². The van der Waals surface area contributed by atoms with Crippen LogP contribution in [0.25, 0.3) is 0 Å². The number of rotatable bonds is 9. The smallest absolute Gasteiger partial charge is 0.247 e. The Bertz CT molecular complexity index is 1160. The SMILES string of the molecule is O=C(NCc1ccccc1)[C@@H](c1ccc(F)cc1)N(Cc1cccs1)C(=O)Cc1cccs1. The molecule has 2 aromatic carbocycles. The molecule has 7 heteroatoms. The van der Waals surface area contributed by atoms with Crippen molar-refractivity contribution in [2.24, 2.45) is 0 Å². The molecule has 0 aliphatic carbocycles. The molecule has 0 spiro atoms. The van der Waals surface area contributed by atoms with Crippen molar-refractivity contribution in [1.29, 1.82) is 0 Å². The summed E-state index contributed by atoms with van der Waals surface area (Å²) in [6, 6.07) is 22.2. The fourth-order valence-electron chi connectivity index (χ4n) is 3.56. The van der Waals surface area contributed by atoms with Crippen LogP contribution < -0.4 is 5.32 Å². The molecule has 33 heavy (non-hydrogen) atoms. The quantitative estimate of drug-likeness (QED) is 0.342. The minimum absolute atomic E-state index is 0.157. The molecule has 2 amide bonds. The molecule has 0 saturated carbocycles. The summed E-state index contributed by atoms with van der Waals surface area (Å²) in [4.78, 5) is 30.5. The van der Waals surface area contributed by atoms with Gasteiger partial charge in [0, 0.05) is 16.3 Å². The molecule has 4 aromatic rings. The van der Waals surface area contributed by atoms with Crippen LogP contribution in [0.15, 0.2) is 89.6 Å². The Morgan fingerprint density at radius 1 is 0.848 bits per heavy atom. The van der Waals surface area contributed by atoms with Gasteiger partial charge in [-0.1, -0.05) is 54.6 Å². The number of hydrogen-bond acceptors (Lipinski definition) is 4. The number of nitrogens with zero attached hydrogens (tertiary/aromatic N) is 1. The van der Waals surface area contributed by atoms with Gasteiger partial charge in [0.1, 0.15) is 11.9 Å². The first-order valence-corrected chi connectivity index (χ1v) is 12.3. The lowest BCUT2D eigenvalue weighted by Crippen LogP contribution is -2.43. The number of carbonyl (C=O) groups is 2. The molecule has 0 fully saturated rings.